The summed E-state index contributed by atoms with van der Waals surface area (Å²) in [5, 5.41) is 7.77. The van der Waals surface area contributed by atoms with E-state index in [2.05, 4.69) is 36.0 Å². The predicted molar refractivity (Wildman–Crippen MR) is 84.2 cm³/mol. The van der Waals surface area contributed by atoms with Crippen LogP contribution in [0, 0.1) is 0 Å². The van der Waals surface area contributed by atoms with E-state index in [9.17, 15) is 4.79 Å². The fourth-order valence-corrected chi connectivity index (χ4v) is 3.58. The fourth-order valence-electron chi connectivity index (χ4n) is 2.90. The van der Waals surface area contributed by atoms with Crippen LogP contribution in [0.2, 0.25) is 0 Å². The summed E-state index contributed by atoms with van der Waals surface area (Å²) in [6.07, 6.45) is 4.33. The Morgan fingerprint density at radius 3 is 2.90 bits per heavy atom. The molecule has 5 heteroatoms. The van der Waals surface area contributed by atoms with Crippen LogP contribution < -0.4 is 5.32 Å². The molecule has 21 heavy (non-hydrogen) atoms. The van der Waals surface area contributed by atoms with Gasteiger partial charge in [-0.3, -0.25) is 10.1 Å². The number of thiophene rings is 1. The van der Waals surface area contributed by atoms with E-state index in [0.717, 1.165) is 38.8 Å². The second kappa shape index (κ2) is 6.07. The molecule has 1 aromatic rings. The van der Waals surface area contributed by atoms with Crippen molar-refractivity contribution in [1.82, 2.24) is 10.2 Å². The number of ether oxygens (including phenoxy) is 1. The van der Waals surface area contributed by atoms with Gasteiger partial charge >= 0.3 is 0 Å². The maximum Gasteiger partial charge on any atom is 0.244 e. The molecule has 1 atom stereocenters. The Kier molecular flexibility index (Phi) is 4.33. The van der Waals surface area contributed by atoms with Crippen LogP contribution in [0.4, 0.5) is 0 Å². The molecule has 1 aliphatic heterocycles. The van der Waals surface area contributed by atoms with Gasteiger partial charge in [-0.2, -0.15) is 11.3 Å². The zero-order valence-electron chi connectivity index (χ0n) is 12.8. The highest BCUT2D eigenvalue weighted by Gasteiger charge is 2.59. The summed E-state index contributed by atoms with van der Waals surface area (Å²) in [5.74, 6) is 0.295. The van der Waals surface area contributed by atoms with Crippen molar-refractivity contribution in [2.45, 2.75) is 57.3 Å². The summed E-state index contributed by atoms with van der Waals surface area (Å²) in [7, 11) is 0. The highest BCUT2D eigenvalue weighted by molar-refractivity contribution is 7.07. The normalized spacial score (nSPS) is 23.5. The first-order valence-corrected chi connectivity index (χ1v) is 8.79. The lowest BCUT2D eigenvalue weighted by Gasteiger charge is -2.23. The van der Waals surface area contributed by atoms with Crippen molar-refractivity contribution in [1.29, 1.82) is 0 Å². The molecule has 1 aromatic heterocycles. The van der Waals surface area contributed by atoms with Crippen LogP contribution in [0.15, 0.2) is 16.8 Å². The quantitative estimate of drug-likeness (QED) is 0.788. The van der Waals surface area contributed by atoms with Gasteiger partial charge < -0.3 is 9.64 Å². The second-order valence-corrected chi connectivity index (χ2v) is 7.09. The molecule has 1 amide bonds. The van der Waals surface area contributed by atoms with E-state index in [1.54, 1.807) is 11.3 Å². The molecule has 1 saturated heterocycles. The Bertz CT molecular complexity index is 482. The van der Waals surface area contributed by atoms with Gasteiger partial charge in [0.15, 0.2) is 0 Å². The monoisotopic (exact) mass is 308 g/mol. The number of rotatable bonds is 7. The van der Waals surface area contributed by atoms with Crippen molar-refractivity contribution in [2.75, 3.05) is 13.2 Å². The summed E-state index contributed by atoms with van der Waals surface area (Å²) >= 11 is 1.69. The summed E-state index contributed by atoms with van der Waals surface area (Å²) in [6, 6.07) is 2.12. The van der Waals surface area contributed by atoms with Gasteiger partial charge in [-0.05, 0) is 61.9 Å². The molecule has 1 saturated carbocycles. The van der Waals surface area contributed by atoms with Crippen molar-refractivity contribution < 1.29 is 9.53 Å². The summed E-state index contributed by atoms with van der Waals surface area (Å²) < 4.78 is 5.57. The topological polar surface area (TPSA) is 41.6 Å². The number of carbonyl (C=O) groups is 1. The SMILES string of the molecule is CC(C)OCCCCN1C(=O)C2(CC2)NC1c1ccsc1. The summed E-state index contributed by atoms with van der Waals surface area (Å²) in [6.45, 7) is 5.70. The van der Waals surface area contributed by atoms with Crippen LogP contribution in [0.25, 0.3) is 0 Å². The van der Waals surface area contributed by atoms with Crippen molar-refractivity contribution in [3.8, 4) is 0 Å². The lowest BCUT2D eigenvalue weighted by atomic mass is 10.2. The molecule has 2 fully saturated rings. The van der Waals surface area contributed by atoms with Crippen LogP contribution in [0.1, 0.15) is 51.3 Å². The van der Waals surface area contributed by atoms with Crippen LogP contribution in [-0.4, -0.2) is 35.6 Å². The Morgan fingerprint density at radius 2 is 2.29 bits per heavy atom. The Balaban J connectivity index is 1.57. The Morgan fingerprint density at radius 1 is 1.48 bits per heavy atom. The molecule has 116 valence electrons. The minimum atomic E-state index is -0.235. The number of hydrogen-bond acceptors (Lipinski definition) is 4. The molecule has 3 rings (SSSR count). The second-order valence-electron chi connectivity index (χ2n) is 6.31. The van der Waals surface area contributed by atoms with Crippen LogP contribution >= 0.6 is 11.3 Å². The Hall–Kier alpha value is -0.910. The minimum Gasteiger partial charge on any atom is -0.379 e. The van der Waals surface area contributed by atoms with E-state index in [1.165, 1.54) is 5.56 Å². The van der Waals surface area contributed by atoms with Gasteiger partial charge in [0.25, 0.3) is 0 Å². The molecular weight excluding hydrogens is 284 g/mol. The molecule has 0 radical (unpaired) electrons. The molecular formula is C16H24N2O2S. The van der Waals surface area contributed by atoms with Crippen LogP contribution in [-0.2, 0) is 9.53 Å². The van der Waals surface area contributed by atoms with Crippen molar-refractivity contribution in [3.05, 3.63) is 22.4 Å². The number of amides is 1. The highest BCUT2D eigenvalue weighted by Crippen LogP contribution is 2.46. The average molecular weight is 308 g/mol. The number of hydrogen-bond donors (Lipinski definition) is 1. The summed E-state index contributed by atoms with van der Waals surface area (Å²) in [5.41, 5.74) is 0.983. The number of nitrogens with zero attached hydrogens (tertiary/aromatic N) is 1. The predicted octanol–water partition coefficient (Wildman–Crippen LogP) is 2.92. The van der Waals surface area contributed by atoms with E-state index in [1.807, 2.05) is 4.90 Å². The third kappa shape index (κ3) is 3.15. The lowest BCUT2D eigenvalue weighted by molar-refractivity contribution is -0.131. The largest absolute Gasteiger partial charge is 0.379 e. The first-order chi connectivity index (χ1) is 10.1. The number of unbranched alkanes of at least 4 members (excludes halogenated alkanes) is 1. The van der Waals surface area contributed by atoms with E-state index >= 15 is 0 Å². The van der Waals surface area contributed by atoms with Gasteiger partial charge in [0.05, 0.1) is 6.10 Å². The third-order valence-electron chi connectivity index (χ3n) is 4.25. The molecule has 2 heterocycles. The van der Waals surface area contributed by atoms with Crippen molar-refractivity contribution in [3.63, 3.8) is 0 Å². The number of carbonyl (C=O) groups excluding carboxylic acids is 1. The van der Waals surface area contributed by atoms with Crippen molar-refractivity contribution >= 4 is 17.2 Å². The fraction of sp³-hybridized carbons (Fsp3) is 0.688. The van der Waals surface area contributed by atoms with Gasteiger partial charge in [0.2, 0.25) is 5.91 Å². The lowest BCUT2D eigenvalue weighted by Crippen LogP contribution is -2.33. The smallest absolute Gasteiger partial charge is 0.244 e. The van der Waals surface area contributed by atoms with Crippen LogP contribution in [0.3, 0.4) is 0 Å². The standard InChI is InChI=1S/C16H24N2O2S/c1-12(2)20-9-4-3-8-18-14(13-5-10-21-11-13)17-16(6-7-16)15(18)19/h5,10-12,14,17H,3-4,6-9H2,1-2H3. The maximum absolute atomic E-state index is 12.6. The molecule has 1 unspecified atom stereocenters. The third-order valence-corrected chi connectivity index (χ3v) is 4.95. The molecule has 4 nitrogen and oxygen atoms in total. The minimum absolute atomic E-state index is 0.0669. The van der Waals surface area contributed by atoms with Crippen LogP contribution in [0.5, 0.6) is 0 Å². The van der Waals surface area contributed by atoms with Gasteiger partial charge in [0, 0.05) is 13.2 Å². The Labute approximate surface area is 130 Å². The van der Waals surface area contributed by atoms with E-state index in [-0.39, 0.29) is 17.8 Å². The van der Waals surface area contributed by atoms with Gasteiger partial charge in [-0.1, -0.05) is 0 Å². The van der Waals surface area contributed by atoms with Crippen molar-refractivity contribution in [2.24, 2.45) is 0 Å². The molecule has 1 spiro atoms. The molecule has 2 aliphatic rings. The maximum atomic E-state index is 12.6. The molecule has 0 aromatic carbocycles. The first-order valence-electron chi connectivity index (χ1n) is 7.85. The molecule has 0 bridgehead atoms. The van der Waals surface area contributed by atoms with E-state index < -0.39 is 0 Å². The zero-order valence-corrected chi connectivity index (χ0v) is 13.6. The van der Waals surface area contributed by atoms with E-state index in [0.29, 0.717) is 5.91 Å². The van der Waals surface area contributed by atoms with E-state index in [4.69, 9.17) is 4.74 Å². The van der Waals surface area contributed by atoms with Gasteiger partial charge in [0.1, 0.15) is 11.7 Å². The highest BCUT2D eigenvalue weighted by atomic mass is 32.1. The van der Waals surface area contributed by atoms with Gasteiger partial charge in [-0.15, -0.1) is 0 Å². The average Bonchev–Trinajstić information content (AvgIpc) is 2.93. The van der Waals surface area contributed by atoms with Gasteiger partial charge in [-0.25, -0.2) is 0 Å². The first kappa shape index (κ1) is 15.0. The summed E-state index contributed by atoms with van der Waals surface area (Å²) in [4.78, 5) is 14.6. The molecule has 1 N–H and O–H groups in total. The number of nitrogens with one attached hydrogen (secondary N) is 1. The zero-order chi connectivity index (χ0) is 14.9. The molecule has 1 aliphatic carbocycles.